The number of fused-ring (bicyclic) bond motifs is 1. The van der Waals surface area contributed by atoms with Gasteiger partial charge < -0.3 is 4.90 Å². The molecule has 168 valence electrons. The summed E-state index contributed by atoms with van der Waals surface area (Å²) in [5.74, 6) is 0.756. The third kappa shape index (κ3) is 4.29. The van der Waals surface area contributed by atoms with Crippen LogP contribution in [0.15, 0.2) is 77.7 Å². The lowest BCUT2D eigenvalue weighted by Gasteiger charge is -2.35. The molecule has 9 heteroatoms. The number of benzene rings is 3. The smallest absolute Gasteiger partial charge is 0.243 e. The third-order valence-corrected chi connectivity index (χ3v) is 8.30. The van der Waals surface area contributed by atoms with E-state index in [1.165, 1.54) is 22.5 Å². The summed E-state index contributed by atoms with van der Waals surface area (Å²) in [6.45, 7) is 1.64. The van der Waals surface area contributed by atoms with Gasteiger partial charge in [0.15, 0.2) is 5.82 Å². The minimum Gasteiger partial charge on any atom is -0.352 e. The van der Waals surface area contributed by atoms with Crippen LogP contribution in [-0.2, 0) is 10.0 Å². The van der Waals surface area contributed by atoms with E-state index in [0.29, 0.717) is 31.2 Å². The average Bonchev–Trinajstić information content (AvgIpc) is 2.85. The van der Waals surface area contributed by atoms with E-state index in [1.807, 2.05) is 54.6 Å². The first-order valence-electron chi connectivity index (χ1n) is 10.5. The molecule has 1 aromatic heterocycles. The van der Waals surface area contributed by atoms with Crippen molar-refractivity contribution in [3.05, 3.63) is 82.8 Å². The van der Waals surface area contributed by atoms with Gasteiger partial charge in [-0.25, -0.2) is 18.4 Å². The summed E-state index contributed by atoms with van der Waals surface area (Å²) in [6, 6.07) is 22.1. The number of piperazine rings is 1. The zero-order valence-corrected chi connectivity index (χ0v) is 19.9. The molecule has 6 nitrogen and oxygen atoms in total. The van der Waals surface area contributed by atoms with Gasteiger partial charge in [-0.05, 0) is 30.3 Å². The molecule has 1 fully saturated rings. The van der Waals surface area contributed by atoms with Gasteiger partial charge in [0, 0.05) is 31.7 Å². The number of hydrogen-bond acceptors (Lipinski definition) is 5. The number of sulfonamides is 1. The van der Waals surface area contributed by atoms with Gasteiger partial charge in [-0.2, -0.15) is 4.31 Å². The molecule has 2 heterocycles. The molecular formula is C24H20Cl2N4O2S. The summed E-state index contributed by atoms with van der Waals surface area (Å²) >= 11 is 12.0. The highest BCUT2D eigenvalue weighted by molar-refractivity contribution is 7.89. The number of halogens is 2. The molecule has 4 aromatic rings. The fraction of sp³-hybridized carbons (Fsp3) is 0.167. The Hall–Kier alpha value is -2.71. The van der Waals surface area contributed by atoms with Crippen LogP contribution in [-0.4, -0.2) is 48.9 Å². The maximum absolute atomic E-state index is 13.1. The highest BCUT2D eigenvalue weighted by Crippen LogP contribution is 2.31. The Morgan fingerprint density at radius 3 is 2.03 bits per heavy atom. The monoisotopic (exact) mass is 498 g/mol. The van der Waals surface area contributed by atoms with Gasteiger partial charge in [0.05, 0.1) is 26.0 Å². The van der Waals surface area contributed by atoms with Crippen molar-refractivity contribution < 1.29 is 8.42 Å². The standard InChI is InChI=1S/C24H20Cl2N4O2S/c25-19-11-10-18(16-20(19)26)33(31,32)30-14-12-29(13-15-30)24-23(17-6-2-1-3-7-17)27-21-8-4-5-9-22(21)28-24/h1-11,16H,12-15H2. The average molecular weight is 499 g/mol. The summed E-state index contributed by atoms with van der Waals surface area (Å²) < 4.78 is 27.7. The van der Waals surface area contributed by atoms with E-state index in [2.05, 4.69) is 4.90 Å². The van der Waals surface area contributed by atoms with E-state index >= 15 is 0 Å². The molecule has 0 amide bonds. The predicted molar refractivity (Wildman–Crippen MR) is 132 cm³/mol. The van der Waals surface area contributed by atoms with Crippen LogP contribution in [0.2, 0.25) is 10.0 Å². The number of para-hydroxylation sites is 2. The molecule has 33 heavy (non-hydrogen) atoms. The molecule has 1 saturated heterocycles. The molecule has 0 saturated carbocycles. The molecule has 0 aliphatic carbocycles. The molecule has 0 bridgehead atoms. The van der Waals surface area contributed by atoms with Gasteiger partial charge >= 0.3 is 0 Å². The van der Waals surface area contributed by atoms with E-state index in [4.69, 9.17) is 33.2 Å². The van der Waals surface area contributed by atoms with E-state index in [-0.39, 0.29) is 9.92 Å². The zero-order chi connectivity index (χ0) is 23.0. The lowest BCUT2D eigenvalue weighted by atomic mass is 10.1. The van der Waals surface area contributed by atoms with Crippen LogP contribution in [0.5, 0.6) is 0 Å². The zero-order valence-electron chi connectivity index (χ0n) is 17.5. The van der Waals surface area contributed by atoms with Gasteiger partial charge in [-0.15, -0.1) is 0 Å². The third-order valence-electron chi connectivity index (χ3n) is 5.67. The summed E-state index contributed by atoms with van der Waals surface area (Å²) in [4.78, 5) is 12.0. The number of rotatable bonds is 4. The van der Waals surface area contributed by atoms with E-state index in [9.17, 15) is 8.42 Å². The molecule has 3 aromatic carbocycles. The van der Waals surface area contributed by atoms with Crippen molar-refractivity contribution in [2.45, 2.75) is 4.90 Å². The molecule has 0 spiro atoms. The van der Waals surface area contributed by atoms with Gasteiger partial charge in [-0.1, -0.05) is 65.7 Å². The van der Waals surface area contributed by atoms with Crippen molar-refractivity contribution in [2.24, 2.45) is 0 Å². The van der Waals surface area contributed by atoms with Crippen molar-refractivity contribution in [3.63, 3.8) is 0 Å². The van der Waals surface area contributed by atoms with Crippen LogP contribution < -0.4 is 4.90 Å². The summed E-state index contributed by atoms with van der Waals surface area (Å²) in [6.07, 6.45) is 0. The van der Waals surface area contributed by atoms with Crippen molar-refractivity contribution >= 4 is 50.1 Å². The second kappa shape index (κ2) is 8.91. The van der Waals surface area contributed by atoms with Gasteiger partial charge in [0.1, 0.15) is 5.69 Å². The molecule has 0 N–H and O–H groups in total. The Labute approximate surface area is 202 Å². The minimum absolute atomic E-state index is 0.140. The first-order chi connectivity index (χ1) is 15.9. The second-order valence-electron chi connectivity index (χ2n) is 7.72. The fourth-order valence-electron chi connectivity index (χ4n) is 3.93. The first kappa shape index (κ1) is 22.1. The topological polar surface area (TPSA) is 66.4 Å². The van der Waals surface area contributed by atoms with Gasteiger partial charge in [-0.3, -0.25) is 0 Å². The number of anilines is 1. The van der Waals surface area contributed by atoms with Crippen molar-refractivity contribution in [3.8, 4) is 11.3 Å². The fourth-order valence-corrected chi connectivity index (χ4v) is 5.74. The van der Waals surface area contributed by atoms with E-state index < -0.39 is 10.0 Å². The molecule has 1 aliphatic heterocycles. The molecule has 5 rings (SSSR count). The lowest BCUT2D eigenvalue weighted by Crippen LogP contribution is -2.49. The molecular weight excluding hydrogens is 479 g/mol. The quantitative estimate of drug-likeness (QED) is 0.390. The van der Waals surface area contributed by atoms with Crippen LogP contribution in [0.1, 0.15) is 0 Å². The first-order valence-corrected chi connectivity index (χ1v) is 12.7. The van der Waals surface area contributed by atoms with E-state index in [1.54, 1.807) is 0 Å². The highest BCUT2D eigenvalue weighted by Gasteiger charge is 2.30. The van der Waals surface area contributed by atoms with Crippen molar-refractivity contribution in [2.75, 3.05) is 31.1 Å². The SMILES string of the molecule is O=S(=O)(c1ccc(Cl)c(Cl)c1)N1CCN(c2nc3ccccc3nc2-c2ccccc2)CC1. The maximum atomic E-state index is 13.1. The van der Waals surface area contributed by atoms with Crippen molar-refractivity contribution in [1.29, 1.82) is 0 Å². The van der Waals surface area contributed by atoms with E-state index in [0.717, 1.165) is 28.1 Å². The Kier molecular flexibility index (Phi) is 5.97. The molecule has 0 radical (unpaired) electrons. The second-order valence-corrected chi connectivity index (χ2v) is 10.5. The van der Waals surface area contributed by atoms with Crippen LogP contribution in [0, 0.1) is 0 Å². The molecule has 0 unspecified atom stereocenters. The Bertz CT molecular complexity index is 1420. The van der Waals surface area contributed by atoms with Crippen LogP contribution in [0.25, 0.3) is 22.3 Å². The summed E-state index contributed by atoms with van der Waals surface area (Å²) in [5.41, 5.74) is 3.38. The van der Waals surface area contributed by atoms with Gasteiger partial charge in [0.25, 0.3) is 0 Å². The predicted octanol–water partition coefficient (Wildman–Crippen LogP) is 5.11. The summed E-state index contributed by atoms with van der Waals surface area (Å²) in [5, 5.41) is 0.541. The van der Waals surface area contributed by atoms with Crippen LogP contribution in [0.3, 0.4) is 0 Å². The highest BCUT2D eigenvalue weighted by atomic mass is 35.5. The Morgan fingerprint density at radius 2 is 1.36 bits per heavy atom. The lowest BCUT2D eigenvalue weighted by molar-refractivity contribution is 0.384. The Morgan fingerprint density at radius 1 is 0.727 bits per heavy atom. The normalized spacial score (nSPS) is 15.2. The number of nitrogens with zero attached hydrogens (tertiary/aromatic N) is 4. The maximum Gasteiger partial charge on any atom is 0.243 e. The number of aromatic nitrogens is 2. The largest absolute Gasteiger partial charge is 0.352 e. The number of hydrogen-bond donors (Lipinski definition) is 0. The van der Waals surface area contributed by atoms with Crippen molar-refractivity contribution in [1.82, 2.24) is 14.3 Å². The van der Waals surface area contributed by atoms with Gasteiger partial charge in [0.2, 0.25) is 10.0 Å². The summed E-state index contributed by atoms with van der Waals surface area (Å²) in [7, 11) is -3.68. The van der Waals surface area contributed by atoms with Crippen LogP contribution in [0.4, 0.5) is 5.82 Å². The molecule has 0 atom stereocenters. The molecule has 1 aliphatic rings. The van der Waals surface area contributed by atoms with Crippen LogP contribution >= 0.6 is 23.2 Å². The Balaban J connectivity index is 1.45. The minimum atomic E-state index is -3.68.